The molecule has 5 nitrogen and oxygen atoms in total. The summed E-state index contributed by atoms with van der Waals surface area (Å²) >= 11 is 0. The fourth-order valence-electron chi connectivity index (χ4n) is 3.52. The van der Waals surface area contributed by atoms with E-state index in [1.807, 2.05) is 47.6 Å². The monoisotopic (exact) mass is 334 g/mol. The van der Waals surface area contributed by atoms with E-state index < -0.39 is 0 Å². The minimum atomic E-state index is 0.122. The maximum atomic E-state index is 12.8. The van der Waals surface area contributed by atoms with Gasteiger partial charge in [0.25, 0.3) is 5.91 Å². The van der Waals surface area contributed by atoms with Crippen molar-refractivity contribution in [2.75, 3.05) is 26.2 Å². The van der Waals surface area contributed by atoms with E-state index in [9.17, 15) is 4.79 Å². The van der Waals surface area contributed by atoms with Crippen LogP contribution in [0.2, 0.25) is 0 Å². The molecule has 1 fully saturated rings. The maximum Gasteiger partial charge on any atom is 0.253 e. The largest absolute Gasteiger partial charge is 0.361 e. The van der Waals surface area contributed by atoms with E-state index >= 15 is 0 Å². The molecule has 2 aromatic heterocycles. The third-order valence-electron chi connectivity index (χ3n) is 5.12. The Labute approximate surface area is 147 Å². The summed E-state index contributed by atoms with van der Waals surface area (Å²) < 4.78 is 0. The molecular formula is C20H22N4O. The van der Waals surface area contributed by atoms with Gasteiger partial charge in [0.05, 0.1) is 0 Å². The second-order valence-corrected chi connectivity index (χ2v) is 6.57. The number of pyridine rings is 1. The van der Waals surface area contributed by atoms with Gasteiger partial charge < -0.3 is 9.88 Å². The Kier molecular flexibility index (Phi) is 4.24. The molecule has 128 valence electrons. The fraction of sp³-hybridized carbons (Fsp3) is 0.300. The van der Waals surface area contributed by atoms with Gasteiger partial charge in [-0.15, -0.1) is 0 Å². The first-order valence-corrected chi connectivity index (χ1v) is 8.73. The van der Waals surface area contributed by atoms with E-state index in [4.69, 9.17) is 0 Å². The van der Waals surface area contributed by atoms with Crippen molar-refractivity contribution in [1.82, 2.24) is 19.8 Å². The molecule has 1 aliphatic rings. The number of H-pyrrole nitrogens is 1. The van der Waals surface area contributed by atoms with E-state index in [0.717, 1.165) is 42.6 Å². The van der Waals surface area contributed by atoms with Crippen molar-refractivity contribution in [1.29, 1.82) is 0 Å². The lowest BCUT2D eigenvalue weighted by atomic mass is 10.1. The van der Waals surface area contributed by atoms with Crippen LogP contribution in [-0.2, 0) is 0 Å². The van der Waals surface area contributed by atoms with E-state index in [-0.39, 0.29) is 5.91 Å². The smallest absolute Gasteiger partial charge is 0.253 e. The number of hydrogen-bond acceptors (Lipinski definition) is 3. The maximum absolute atomic E-state index is 12.8. The van der Waals surface area contributed by atoms with Crippen LogP contribution in [0.15, 0.2) is 55.0 Å². The van der Waals surface area contributed by atoms with Crippen molar-refractivity contribution in [3.8, 4) is 0 Å². The average molecular weight is 334 g/mol. The lowest BCUT2D eigenvalue weighted by Gasteiger charge is -2.38. The number of nitrogens with zero attached hydrogens (tertiary/aromatic N) is 3. The molecule has 5 heteroatoms. The normalized spacial score (nSPS) is 16.9. The highest BCUT2D eigenvalue weighted by molar-refractivity contribution is 5.98. The molecule has 1 amide bonds. The number of fused-ring (bicyclic) bond motifs is 1. The molecule has 0 bridgehead atoms. The number of carbonyl (C=O) groups excluding carboxylic acids is 1. The zero-order valence-corrected chi connectivity index (χ0v) is 14.4. The van der Waals surface area contributed by atoms with Crippen LogP contribution in [0.3, 0.4) is 0 Å². The van der Waals surface area contributed by atoms with Crippen molar-refractivity contribution in [3.05, 3.63) is 66.1 Å². The summed E-state index contributed by atoms with van der Waals surface area (Å²) in [5.41, 5.74) is 3.05. The van der Waals surface area contributed by atoms with Gasteiger partial charge in [-0.3, -0.25) is 14.7 Å². The number of aromatic amines is 1. The first-order valence-electron chi connectivity index (χ1n) is 8.73. The van der Waals surface area contributed by atoms with Crippen molar-refractivity contribution in [2.45, 2.75) is 13.0 Å². The molecule has 3 heterocycles. The molecule has 1 saturated heterocycles. The standard InChI is InChI=1S/C20H22N4O/c1-15(18-3-2-7-21-14-18)23-9-11-24(12-10-23)20(25)17-4-5-19-16(13-17)6-8-22-19/h2-8,13-15,22H,9-12H2,1H3. The van der Waals surface area contributed by atoms with Gasteiger partial charge in [-0.2, -0.15) is 0 Å². The van der Waals surface area contributed by atoms with Crippen LogP contribution < -0.4 is 0 Å². The molecule has 1 aliphatic heterocycles. The van der Waals surface area contributed by atoms with Crippen LogP contribution in [0.1, 0.15) is 28.9 Å². The number of carbonyl (C=O) groups is 1. The van der Waals surface area contributed by atoms with E-state index in [0.29, 0.717) is 6.04 Å². The Bertz CT molecular complexity index is 866. The van der Waals surface area contributed by atoms with E-state index in [1.165, 1.54) is 5.56 Å². The highest BCUT2D eigenvalue weighted by Gasteiger charge is 2.25. The molecular weight excluding hydrogens is 312 g/mol. The average Bonchev–Trinajstić information content (AvgIpc) is 3.15. The molecule has 0 aliphatic carbocycles. The number of aromatic nitrogens is 2. The Hall–Kier alpha value is -2.66. The Morgan fingerprint density at radius 2 is 2.00 bits per heavy atom. The molecule has 4 rings (SSSR count). The van der Waals surface area contributed by atoms with Gasteiger partial charge >= 0.3 is 0 Å². The van der Waals surface area contributed by atoms with Crippen LogP contribution in [0.5, 0.6) is 0 Å². The zero-order chi connectivity index (χ0) is 17.2. The number of amides is 1. The van der Waals surface area contributed by atoms with Gasteiger partial charge in [-0.05, 0) is 42.8 Å². The van der Waals surface area contributed by atoms with Crippen LogP contribution in [0.25, 0.3) is 10.9 Å². The Balaban J connectivity index is 1.42. The van der Waals surface area contributed by atoms with Gasteiger partial charge in [0.1, 0.15) is 0 Å². The van der Waals surface area contributed by atoms with Crippen LogP contribution in [0.4, 0.5) is 0 Å². The number of hydrogen-bond donors (Lipinski definition) is 1. The van der Waals surface area contributed by atoms with Crippen molar-refractivity contribution in [2.24, 2.45) is 0 Å². The topological polar surface area (TPSA) is 52.2 Å². The Morgan fingerprint density at radius 1 is 1.16 bits per heavy atom. The molecule has 1 N–H and O–H groups in total. The van der Waals surface area contributed by atoms with Crippen LogP contribution in [-0.4, -0.2) is 51.9 Å². The first kappa shape index (κ1) is 15.8. The summed E-state index contributed by atoms with van der Waals surface area (Å²) in [6, 6.07) is 12.3. The first-order chi connectivity index (χ1) is 12.2. The van der Waals surface area contributed by atoms with Crippen LogP contribution >= 0.6 is 0 Å². The predicted molar refractivity (Wildman–Crippen MR) is 98.4 cm³/mol. The highest BCUT2D eigenvalue weighted by atomic mass is 16.2. The van der Waals surface area contributed by atoms with Gasteiger partial charge in [-0.1, -0.05) is 6.07 Å². The molecule has 1 unspecified atom stereocenters. The lowest BCUT2D eigenvalue weighted by molar-refractivity contribution is 0.0582. The zero-order valence-electron chi connectivity index (χ0n) is 14.4. The molecule has 0 saturated carbocycles. The third kappa shape index (κ3) is 3.15. The lowest BCUT2D eigenvalue weighted by Crippen LogP contribution is -2.49. The fourth-order valence-corrected chi connectivity index (χ4v) is 3.52. The van der Waals surface area contributed by atoms with Crippen molar-refractivity contribution >= 4 is 16.8 Å². The highest BCUT2D eigenvalue weighted by Crippen LogP contribution is 2.22. The van der Waals surface area contributed by atoms with E-state index in [1.54, 1.807) is 6.20 Å². The van der Waals surface area contributed by atoms with Gasteiger partial charge in [-0.25, -0.2) is 0 Å². The summed E-state index contributed by atoms with van der Waals surface area (Å²) in [6.07, 6.45) is 5.62. The molecule has 0 radical (unpaired) electrons. The number of rotatable bonds is 3. The second-order valence-electron chi connectivity index (χ2n) is 6.57. The minimum Gasteiger partial charge on any atom is -0.361 e. The van der Waals surface area contributed by atoms with Gasteiger partial charge in [0, 0.05) is 67.3 Å². The molecule has 1 aromatic carbocycles. The molecule has 1 atom stereocenters. The van der Waals surface area contributed by atoms with Crippen LogP contribution in [0, 0.1) is 0 Å². The summed E-state index contributed by atoms with van der Waals surface area (Å²) in [5.74, 6) is 0.122. The van der Waals surface area contributed by atoms with Gasteiger partial charge in [0.15, 0.2) is 0 Å². The second kappa shape index (κ2) is 6.69. The van der Waals surface area contributed by atoms with Crippen molar-refractivity contribution in [3.63, 3.8) is 0 Å². The molecule has 3 aromatic rings. The number of piperazine rings is 1. The third-order valence-corrected chi connectivity index (χ3v) is 5.12. The summed E-state index contributed by atoms with van der Waals surface area (Å²) in [7, 11) is 0. The quantitative estimate of drug-likeness (QED) is 0.801. The van der Waals surface area contributed by atoms with Crippen molar-refractivity contribution < 1.29 is 4.79 Å². The molecule has 0 spiro atoms. The SMILES string of the molecule is CC(c1cccnc1)N1CCN(C(=O)c2ccc3[nH]ccc3c2)CC1. The predicted octanol–water partition coefficient (Wildman–Crippen LogP) is 3.08. The summed E-state index contributed by atoms with van der Waals surface area (Å²) in [4.78, 5) is 24.5. The Morgan fingerprint density at radius 3 is 2.76 bits per heavy atom. The summed E-state index contributed by atoms with van der Waals surface area (Å²) in [5, 5.41) is 1.08. The molecule has 25 heavy (non-hydrogen) atoms. The van der Waals surface area contributed by atoms with E-state index in [2.05, 4.69) is 27.9 Å². The number of nitrogens with one attached hydrogen (secondary N) is 1. The minimum absolute atomic E-state index is 0.122. The summed E-state index contributed by atoms with van der Waals surface area (Å²) in [6.45, 7) is 5.49. The number of benzene rings is 1. The van der Waals surface area contributed by atoms with Gasteiger partial charge in [0.2, 0.25) is 0 Å².